The molecule has 0 saturated carbocycles. The summed E-state index contributed by atoms with van der Waals surface area (Å²) in [7, 11) is 0. The molecule has 1 saturated heterocycles. The number of amides is 1. The van der Waals surface area contributed by atoms with Gasteiger partial charge in [0, 0.05) is 39.8 Å². The summed E-state index contributed by atoms with van der Waals surface area (Å²) in [5.41, 5.74) is -0.211. The lowest BCUT2D eigenvalue weighted by atomic mass is 9.97. The van der Waals surface area contributed by atoms with Crippen molar-refractivity contribution in [3.05, 3.63) is 29.3 Å². The van der Waals surface area contributed by atoms with Crippen molar-refractivity contribution in [2.24, 2.45) is 0 Å². The number of carbonyl (C=O) groups is 4. The molecule has 5 atom stereocenters. The number of ether oxygens (including phenoxy) is 4. The van der Waals surface area contributed by atoms with Crippen molar-refractivity contribution in [1.82, 2.24) is 20.1 Å². The molecule has 1 aromatic heterocycles. The summed E-state index contributed by atoms with van der Waals surface area (Å²) in [4.78, 5) is 48.1. The number of nitrogens with one attached hydrogen (secondary N) is 1. The normalized spacial score (nSPS) is 22.0. The average molecular weight is 611 g/mol. The second kappa shape index (κ2) is 15.2. The predicted octanol–water partition coefficient (Wildman–Crippen LogP) is 3.54. The Hall–Kier alpha value is -3.16. The Morgan fingerprint density at radius 3 is 2.29 bits per heavy atom. The number of unbranched alkanes of at least 4 members (excludes halogenated alkanes) is 2. The van der Waals surface area contributed by atoms with Crippen LogP contribution in [0.1, 0.15) is 53.9 Å². The molecule has 0 radical (unpaired) electrons. The molecular formula is C27H35ClN4O8S. The van der Waals surface area contributed by atoms with Gasteiger partial charge in [0.1, 0.15) is 24.2 Å². The van der Waals surface area contributed by atoms with Crippen LogP contribution in [0, 0.1) is 0 Å². The van der Waals surface area contributed by atoms with Crippen LogP contribution < -0.4 is 5.32 Å². The fraction of sp³-hybridized carbons (Fsp3) is 0.556. The second-order valence-corrected chi connectivity index (χ2v) is 11.0. The Morgan fingerprint density at radius 1 is 1.00 bits per heavy atom. The minimum absolute atomic E-state index is 0.289. The van der Waals surface area contributed by atoms with Crippen LogP contribution in [0.5, 0.6) is 0 Å². The van der Waals surface area contributed by atoms with Crippen molar-refractivity contribution < 1.29 is 38.1 Å². The maximum atomic E-state index is 12.3. The van der Waals surface area contributed by atoms with Crippen molar-refractivity contribution >= 4 is 47.2 Å². The number of carbonyl (C=O) groups excluding carboxylic acids is 4. The number of halogens is 1. The van der Waals surface area contributed by atoms with Crippen LogP contribution in [-0.4, -0.2) is 75.0 Å². The molecule has 1 N–H and O–H groups in total. The summed E-state index contributed by atoms with van der Waals surface area (Å²) >= 11 is 7.63. The third-order valence-electron chi connectivity index (χ3n) is 6.11. The van der Waals surface area contributed by atoms with Gasteiger partial charge in [0.05, 0.1) is 5.02 Å². The van der Waals surface area contributed by atoms with E-state index < -0.39 is 53.6 Å². The molecule has 2 aromatic rings. The van der Waals surface area contributed by atoms with Crippen molar-refractivity contribution in [1.29, 1.82) is 0 Å². The quantitative estimate of drug-likeness (QED) is 0.214. The highest BCUT2D eigenvalue weighted by atomic mass is 35.5. The summed E-state index contributed by atoms with van der Waals surface area (Å²) < 4.78 is 24.5. The number of esters is 3. The third kappa shape index (κ3) is 8.91. The lowest BCUT2D eigenvalue weighted by Crippen LogP contribution is -2.65. The van der Waals surface area contributed by atoms with Gasteiger partial charge in [0.25, 0.3) is 0 Å². The van der Waals surface area contributed by atoms with Gasteiger partial charge in [-0.05, 0) is 18.6 Å². The van der Waals surface area contributed by atoms with Crippen LogP contribution in [0.2, 0.25) is 5.02 Å². The lowest BCUT2D eigenvalue weighted by molar-refractivity contribution is -0.211. The zero-order chi connectivity index (χ0) is 30.1. The Bertz CT molecular complexity index is 1240. The zero-order valence-corrected chi connectivity index (χ0v) is 25.2. The molecule has 14 heteroatoms. The van der Waals surface area contributed by atoms with Gasteiger partial charge < -0.3 is 28.8 Å². The topological polar surface area (TPSA) is 148 Å². The van der Waals surface area contributed by atoms with Crippen LogP contribution >= 0.6 is 23.4 Å². The van der Waals surface area contributed by atoms with Crippen molar-refractivity contribution in [2.75, 3.05) is 6.61 Å². The molecule has 3 rings (SSSR count). The lowest BCUT2D eigenvalue weighted by Gasteiger charge is -2.44. The van der Waals surface area contributed by atoms with Gasteiger partial charge in [-0.3, -0.25) is 19.2 Å². The van der Waals surface area contributed by atoms with E-state index in [2.05, 4.69) is 22.4 Å². The molecule has 41 heavy (non-hydrogen) atoms. The first kappa shape index (κ1) is 32.4. The van der Waals surface area contributed by atoms with E-state index in [-0.39, 0.29) is 6.61 Å². The van der Waals surface area contributed by atoms with E-state index >= 15 is 0 Å². The van der Waals surface area contributed by atoms with Gasteiger partial charge in [0.2, 0.25) is 5.91 Å². The molecule has 224 valence electrons. The Kier molecular flexibility index (Phi) is 12.0. The molecule has 1 aromatic carbocycles. The van der Waals surface area contributed by atoms with E-state index in [1.54, 1.807) is 6.07 Å². The summed E-state index contributed by atoms with van der Waals surface area (Å²) in [5.74, 6) is -1.78. The van der Waals surface area contributed by atoms with Crippen molar-refractivity contribution in [3.8, 4) is 11.4 Å². The molecule has 0 bridgehead atoms. The minimum Gasteiger partial charge on any atom is -0.463 e. The van der Waals surface area contributed by atoms with E-state index in [1.807, 2.05) is 22.8 Å². The number of hydrogen-bond donors (Lipinski definition) is 1. The van der Waals surface area contributed by atoms with Crippen molar-refractivity contribution in [3.63, 3.8) is 0 Å². The SMILES string of the molecule is CCCCCn1c(S[C@@H]2O[C@H](COC(C)=O)[C@@H](OC(C)=O)[C@H](OC(C)=O)[C@H]2NC(C)=O)nnc1-c1ccccc1Cl. The number of aromatic nitrogens is 3. The first-order valence-electron chi connectivity index (χ1n) is 13.3. The van der Waals surface area contributed by atoms with Gasteiger partial charge in [-0.1, -0.05) is 55.3 Å². The standard InChI is InChI=1S/C27H35ClN4O8S/c1-6-7-10-13-32-25(19-11-8-9-12-20(19)28)30-31-27(32)41-26-22(29-15(2)33)24(39-18(5)36)23(38-17(4)35)21(40-26)14-37-16(3)34/h8-9,11-12,21-24,26H,6-7,10,13-14H2,1-5H3,(H,29,33)/t21-,22-,23-,24-,26+/m1/s1. The first-order chi connectivity index (χ1) is 19.5. The molecule has 1 aliphatic rings. The van der Waals surface area contributed by atoms with Gasteiger partial charge in [0.15, 0.2) is 23.2 Å². The van der Waals surface area contributed by atoms with E-state index in [1.165, 1.54) is 27.7 Å². The van der Waals surface area contributed by atoms with E-state index in [0.29, 0.717) is 28.1 Å². The van der Waals surface area contributed by atoms with Crippen LogP contribution in [0.15, 0.2) is 29.4 Å². The van der Waals surface area contributed by atoms with Crippen LogP contribution in [0.4, 0.5) is 0 Å². The Labute approximate surface area is 247 Å². The highest BCUT2D eigenvalue weighted by Crippen LogP contribution is 2.37. The summed E-state index contributed by atoms with van der Waals surface area (Å²) in [6.07, 6.45) is -0.532. The molecule has 0 spiro atoms. The fourth-order valence-corrected chi connectivity index (χ4v) is 5.82. The second-order valence-electron chi connectivity index (χ2n) is 9.48. The number of thioether (sulfide) groups is 1. The molecular weight excluding hydrogens is 576 g/mol. The van der Waals surface area contributed by atoms with Gasteiger partial charge >= 0.3 is 17.9 Å². The van der Waals surface area contributed by atoms with E-state index in [0.717, 1.165) is 31.0 Å². The minimum atomic E-state index is -1.18. The summed E-state index contributed by atoms with van der Waals surface area (Å²) in [6, 6.07) is 6.33. The van der Waals surface area contributed by atoms with Gasteiger partial charge in [-0.2, -0.15) is 0 Å². The Morgan fingerprint density at radius 2 is 1.68 bits per heavy atom. The van der Waals surface area contributed by atoms with Crippen LogP contribution in [0.3, 0.4) is 0 Å². The molecule has 0 aliphatic carbocycles. The summed E-state index contributed by atoms with van der Waals surface area (Å²) in [5, 5.41) is 12.6. The van der Waals surface area contributed by atoms with E-state index in [9.17, 15) is 19.2 Å². The molecule has 12 nitrogen and oxygen atoms in total. The molecule has 0 unspecified atom stereocenters. The van der Waals surface area contributed by atoms with Gasteiger partial charge in [-0.15, -0.1) is 10.2 Å². The average Bonchev–Trinajstić information content (AvgIpc) is 3.28. The van der Waals surface area contributed by atoms with Gasteiger partial charge in [-0.25, -0.2) is 0 Å². The number of benzene rings is 1. The monoisotopic (exact) mass is 610 g/mol. The third-order valence-corrected chi connectivity index (χ3v) is 7.59. The van der Waals surface area contributed by atoms with Crippen LogP contribution in [0.25, 0.3) is 11.4 Å². The Balaban J connectivity index is 2.06. The van der Waals surface area contributed by atoms with Crippen molar-refractivity contribution in [2.45, 2.75) is 95.4 Å². The molecule has 2 heterocycles. The maximum Gasteiger partial charge on any atom is 0.303 e. The highest BCUT2D eigenvalue weighted by Gasteiger charge is 2.51. The predicted molar refractivity (Wildman–Crippen MR) is 150 cm³/mol. The molecule has 1 fully saturated rings. The largest absolute Gasteiger partial charge is 0.463 e. The smallest absolute Gasteiger partial charge is 0.303 e. The fourth-order valence-electron chi connectivity index (χ4n) is 4.43. The zero-order valence-electron chi connectivity index (χ0n) is 23.6. The molecule has 1 aliphatic heterocycles. The summed E-state index contributed by atoms with van der Waals surface area (Å²) in [6.45, 7) is 7.33. The maximum absolute atomic E-state index is 12.3. The highest BCUT2D eigenvalue weighted by molar-refractivity contribution is 7.99. The number of nitrogens with zero attached hydrogens (tertiary/aromatic N) is 3. The number of hydrogen-bond acceptors (Lipinski definition) is 11. The molecule has 1 amide bonds. The van der Waals surface area contributed by atoms with E-state index in [4.69, 9.17) is 30.5 Å². The number of rotatable bonds is 12. The first-order valence-corrected chi connectivity index (χ1v) is 14.5. The van der Waals surface area contributed by atoms with Crippen LogP contribution in [-0.2, 0) is 44.7 Å².